The number of rotatable bonds is 9. The molecule has 0 unspecified atom stereocenters. The maximum Gasteiger partial charge on any atom is 0.303 e. The molecule has 2 atom stereocenters. The summed E-state index contributed by atoms with van der Waals surface area (Å²) >= 11 is 4.78. The maximum atomic E-state index is 12.4. The van der Waals surface area contributed by atoms with Gasteiger partial charge >= 0.3 is 5.97 Å². The van der Waals surface area contributed by atoms with Crippen LogP contribution in [0.5, 0.6) is 11.5 Å². The molecule has 2 heterocycles. The van der Waals surface area contributed by atoms with Gasteiger partial charge in [-0.2, -0.15) is 4.99 Å². The van der Waals surface area contributed by atoms with E-state index < -0.39 is 21.7 Å². The largest absolute Gasteiger partial charge is 0.490 e. The third kappa shape index (κ3) is 5.76. The fourth-order valence-electron chi connectivity index (χ4n) is 3.66. The van der Waals surface area contributed by atoms with Gasteiger partial charge in [0.25, 0.3) is 0 Å². The molecule has 2 aliphatic heterocycles. The molecule has 9 nitrogen and oxygen atoms in total. The number of anilines is 1. The van der Waals surface area contributed by atoms with Gasteiger partial charge in [-0.3, -0.25) is 9.59 Å². The van der Waals surface area contributed by atoms with E-state index >= 15 is 0 Å². The van der Waals surface area contributed by atoms with E-state index in [2.05, 4.69) is 20.9 Å². The van der Waals surface area contributed by atoms with Crippen LogP contribution in [0.4, 0.5) is 5.69 Å². The molecule has 2 aliphatic rings. The molecule has 0 saturated carbocycles. The van der Waals surface area contributed by atoms with Crippen LogP contribution in [0.15, 0.2) is 21.6 Å². The molecule has 0 bridgehead atoms. The Kier molecular flexibility index (Phi) is 8.10. The number of aliphatic imine (C=N–C) groups is 1. The fraction of sp³-hybridized carbons (Fsp3) is 0.550. The van der Waals surface area contributed by atoms with Crippen molar-refractivity contribution in [2.45, 2.75) is 44.4 Å². The third-order valence-electron chi connectivity index (χ3n) is 4.93. The zero-order valence-corrected chi connectivity index (χ0v) is 21.0. The first-order valence-corrected chi connectivity index (χ1v) is 13.7. The second-order valence-electron chi connectivity index (χ2n) is 7.33. The Bertz CT molecular complexity index is 1030. The van der Waals surface area contributed by atoms with Gasteiger partial charge in [0.05, 0.1) is 35.2 Å². The highest BCUT2D eigenvalue weighted by Crippen LogP contribution is 2.45. The number of sulfone groups is 1. The first-order valence-electron chi connectivity index (χ1n) is 10.2. The number of benzene rings is 1. The number of fused-ring (bicyclic) bond motifs is 1. The van der Waals surface area contributed by atoms with Crippen molar-refractivity contribution in [3.8, 4) is 11.5 Å². The quantitative estimate of drug-likeness (QED) is 0.495. The number of carbonyl (C=O) groups excluding carboxylic acids is 1. The van der Waals surface area contributed by atoms with Gasteiger partial charge in [-0.15, -0.1) is 0 Å². The number of carboxylic acid groups (broad SMARTS) is 1. The molecule has 1 aromatic rings. The molecule has 0 aromatic heterocycles. The van der Waals surface area contributed by atoms with Gasteiger partial charge in [0, 0.05) is 29.8 Å². The van der Waals surface area contributed by atoms with Crippen LogP contribution in [0.2, 0.25) is 0 Å². The Balaban J connectivity index is 1.97. The highest BCUT2D eigenvalue weighted by molar-refractivity contribution is 9.10. The minimum absolute atomic E-state index is 0.00893. The Morgan fingerprint density at radius 3 is 2.59 bits per heavy atom. The molecule has 0 radical (unpaired) electrons. The lowest BCUT2D eigenvalue weighted by atomic mass is 10.2. The predicted molar refractivity (Wildman–Crippen MR) is 127 cm³/mol. The standard InChI is InChI=1S/C20H25BrN2O7S2/c1-3-29-15-9-12(8-13(21)19(15)30-4-2)23-14-10-32(27,28)11-16(14)31-20(23)22-17(24)6-5-7-18(25)26/h8-9,14,16H,3-7,10-11H2,1-2H3,(H,25,26)/t14-,16-/m1/s1. The zero-order chi connectivity index (χ0) is 23.5. The van der Waals surface area contributed by atoms with Crippen molar-refractivity contribution in [3.63, 3.8) is 0 Å². The fourth-order valence-corrected chi connectivity index (χ4v) is 8.14. The van der Waals surface area contributed by atoms with E-state index in [1.54, 1.807) is 17.0 Å². The van der Waals surface area contributed by atoms with Crippen LogP contribution in [-0.4, -0.2) is 66.6 Å². The summed E-state index contributed by atoms with van der Waals surface area (Å²) in [5.74, 6) is -0.377. The molecule has 176 valence electrons. The minimum atomic E-state index is -3.20. The topological polar surface area (TPSA) is 123 Å². The Morgan fingerprint density at radius 1 is 1.22 bits per heavy atom. The molecule has 32 heavy (non-hydrogen) atoms. The number of aliphatic carboxylic acids is 1. The summed E-state index contributed by atoms with van der Waals surface area (Å²) in [4.78, 5) is 29.1. The maximum absolute atomic E-state index is 12.4. The van der Waals surface area contributed by atoms with Crippen LogP contribution >= 0.6 is 27.7 Å². The summed E-state index contributed by atoms with van der Waals surface area (Å²) in [6, 6.07) is 3.19. The summed E-state index contributed by atoms with van der Waals surface area (Å²) in [5.41, 5.74) is 0.637. The Morgan fingerprint density at radius 2 is 1.94 bits per heavy atom. The zero-order valence-electron chi connectivity index (χ0n) is 17.7. The summed E-state index contributed by atoms with van der Waals surface area (Å²) in [5, 5.41) is 8.94. The third-order valence-corrected chi connectivity index (χ3v) is 8.73. The number of halogens is 1. The number of ether oxygens (including phenoxy) is 2. The van der Waals surface area contributed by atoms with E-state index in [0.717, 1.165) is 0 Å². The lowest BCUT2D eigenvalue weighted by Crippen LogP contribution is -2.37. The van der Waals surface area contributed by atoms with Crippen LogP contribution in [0.3, 0.4) is 0 Å². The van der Waals surface area contributed by atoms with Crippen LogP contribution in [0.1, 0.15) is 33.1 Å². The first-order chi connectivity index (χ1) is 15.1. The Hall–Kier alpha value is -1.79. The molecule has 0 spiro atoms. The van der Waals surface area contributed by atoms with Gasteiger partial charge in [-0.25, -0.2) is 8.42 Å². The van der Waals surface area contributed by atoms with Crippen molar-refractivity contribution in [3.05, 3.63) is 16.6 Å². The highest BCUT2D eigenvalue weighted by atomic mass is 79.9. The number of hydrogen-bond donors (Lipinski definition) is 1. The van der Waals surface area contributed by atoms with E-state index in [4.69, 9.17) is 14.6 Å². The monoisotopic (exact) mass is 548 g/mol. The molecular weight excluding hydrogens is 524 g/mol. The van der Waals surface area contributed by atoms with E-state index in [-0.39, 0.29) is 42.1 Å². The van der Waals surface area contributed by atoms with Crippen molar-refractivity contribution >= 4 is 60.3 Å². The van der Waals surface area contributed by atoms with Crippen LogP contribution < -0.4 is 14.4 Å². The van der Waals surface area contributed by atoms with Crippen molar-refractivity contribution in [1.82, 2.24) is 0 Å². The predicted octanol–water partition coefficient (Wildman–Crippen LogP) is 3.10. The van der Waals surface area contributed by atoms with Crippen molar-refractivity contribution in [2.75, 3.05) is 29.6 Å². The number of hydrogen-bond acceptors (Lipinski definition) is 7. The molecular formula is C20H25BrN2O7S2. The van der Waals surface area contributed by atoms with Crippen LogP contribution in [0, 0.1) is 0 Å². The van der Waals surface area contributed by atoms with E-state index in [0.29, 0.717) is 40.0 Å². The van der Waals surface area contributed by atoms with Crippen molar-refractivity contribution in [1.29, 1.82) is 0 Å². The molecule has 1 N–H and O–H groups in total. The molecule has 1 amide bonds. The summed E-state index contributed by atoms with van der Waals surface area (Å²) in [6.45, 7) is 4.57. The summed E-state index contributed by atoms with van der Waals surface area (Å²) < 4.78 is 36.6. The summed E-state index contributed by atoms with van der Waals surface area (Å²) in [6.07, 6.45) is 0.0927. The molecule has 2 fully saturated rings. The second-order valence-corrected chi connectivity index (χ2v) is 11.5. The molecule has 2 saturated heterocycles. The summed E-state index contributed by atoms with van der Waals surface area (Å²) in [7, 11) is -3.20. The average Bonchev–Trinajstić information content (AvgIpc) is 3.14. The van der Waals surface area contributed by atoms with Crippen molar-refractivity contribution < 1.29 is 32.6 Å². The normalized spacial score (nSPS) is 22.7. The SMILES string of the molecule is CCOc1cc(N2C(=NC(=O)CCCC(=O)O)S[C@@H]3CS(=O)(=O)C[C@H]32)cc(Br)c1OCC. The molecule has 1 aromatic carbocycles. The van der Waals surface area contributed by atoms with Gasteiger partial charge in [0.15, 0.2) is 26.5 Å². The smallest absolute Gasteiger partial charge is 0.303 e. The van der Waals surface area contributed by atoms with E-state index in [1.165, 1.54) is 11.8 Å². The number of amides is 1. The van der Waals surface area contributed by atoms with Crippen molar-refractivity contribution in [2.24, 2.45) is 4.99 Å². The lowest BCUT2D eigenvalue weighted by molar-refractivity contribution is -0.137. The number of carbonyl (C=O) groups is 2. The number of thioether (sulfide) groups is 1. The van der Waals surface area contributed by atoms with Gasteiger partial charge in [-0.05, 0) is 42.3 Å². The average molecular weight is 549 g/mol. The number of amidine groups is 1. The van der Waals surface area contributed by atoms with Crippen LogP contribution in [0.25, 0.3) is 0 Å². The van der Waals surface area contributed by atoms with Gasteiger partial charge in [0.2, 0.25) is 5.91 Å². The number of nitrogens with zero attached hydrogens (tertiary/aromatic N) is 2. The van der Waals surface area contributed by atoms with Gasteiger partial charge < -0.3 is 19.5 Å². The lowest BCUT2D eigenvalue weighted by Gasteiger charge is -2.26. The van der Waals surface area contributed by atoms with Crippen LogP contribution in [-0.2, 0) is 19.4 Å². The molecule has 12 heteroatoms. The number of carboxylic acids is 1. The van der Waals surface area contributed by atoms with E-state index in [1.807, 2.05) is 13.8 Å². The van der Waals surface area contributed by atoms with Gasteiger partial charge in [-0.1, -0.05) is 11.8 Å². The van der Waals surface area contributed by atoms with Gasteiger partial charge in [0.1, 0.15) is 0 Å². The Labute approximate surface area is 199 Å². The molecule has 0 aliphatic carbocycles. The minimum Gasteiger partial charge on any atom is -0.490 e. The highest BCUT2D eigenvalue weighted by Gasteiger charge is 2.49. The molecule has 3 rings (SSSR count). The second kappa shape index (κ2) is 10.4. The first kappa shape index (κ1) is 24.8. The van der Waals surface area contributed by atoms with E-state index in [9.17, 15) is 18.0 Å².